The van der Waals surface area contributed by atoms with Gasteiger partial charge in [-0.3, -0.25) is 14.5 Å². The molecule has 1 aliphatic heterocycles. The Labute approximate surface area is 170 Å². The molecule has 1 aliphatic rings. The molecule has 2 aromatic carbocycles. The molecule has 2 aromatic rings. The topological polar surface area (TPSA) is 46.6 Å². The zero-order valence-electron chi connectivity index (χ0n) is 16.5. The van der Waals surface area contributed by atoms with Crippen molar-refractivity contribution in [2.45, 2.75) is 26.5 Å². The van der Waals surface area contributed by atoms with Crippen molar-refractivity contribution >= 4 is 29.1 Å². The van der Waals surface area contributed by atoms with Gasteiger partial charge in [0.15, 0.2) is 0 Å². The maximum Gasteiger partial charge on any atom is 0.268 e. The van der Waals surface area contributed by atoms with Crippen molar-refractivity contribution in [1.82, 2.24) is 4.90 Å². The normalized spacial score (nSPS) is 14.4. The minimum absolute atomic E-state index is 0.191. The molecule has 4 nitrogen and oxygen atoms in total. The van der Waals surface area contributed by atoms with Gasteiger partial charge in [-0.25, -0.2) is 0 Å². The molecule has 0 radical (unpaired) electrons. The van der Waals surface area contributed by atoms with E-state index in [0.717, 1.165) is 16.9 Å². The van der Waals surface area contributed by atoms with Crippen molar-refractivity contribution in [3.8, 4) is 5.75 Å². The zero-order chi connectivity index (χ0) is 20.1. The van der Waals surface area contributed by atoms with E-state index >= 15 is 0 Å². The SMILES string of the molecule is CCOc1ccc(C2=C(SCc3ccccc3)C(=O)N(CC(C)C)C2=O)cc1. The van der Waals surface area contributed by atoms with E-state index in [2.05, 4.69) is 0 Å². The lowest BCUT2D eigenvalue weighted by molar-refractivity contribution is -0.137. The highest BCUT2D eigenvalue weighted by Crippen LogP contribution is 2.38. The predicted molar refractivity (Wildman–Crippen MR) is 114 cm³/mol. The van der Waals surface area contributed by atoms with Gasteiger partial charge < -0.3 is 4.74 Å². The van der Waals surface area contributed by atoms with Crippen LogP contribution in [0.4, 0.5) is 0 Å². The molecule has 2 amide bonds. The Hall–Kier alpha value is -2.53. The second-order valence-electron chi connectivity index (χ2n) is 7.05. The molecular weight excluding hydrogens is 370 g/mol. The Kier molecular flexibility index (Phi) is 6.57. The third kappa shape index (κ3) is 4.47. The summed E-state index contributed by atoms with van der Waals surface area (Å²) in [6, 6.07) is 17.4. The van der Waals surface area contributed by atoms with E-state index in [1.54, 1.807) is 0 Å². The van der Waals surface area contributed by atoms with Gasteiger partial charge in [0.25, 0.3) is 11.8 Å². The standard InChI is InChI=1S/C23H25NO3S/c1-4-27-19-12-10-18(11-13-19)20-21(28-15-17-8-6-5-7-9-17)23(26)24(22(20)25)14-16(2)3/h5-13,16H,4,14-15H2,1-3H3. The summed E-state index contributed by atoms with van der Waals surface area (Å²) in [5, 5.41) is 0. The van der Waals surface area contributed by atoms with Gasteiger partial charge in [0.2, 0.25) is 0 Å². The molecule has 5 heteroatoms. The van der Waals surface area contributed by atoms with Gasteiger partial charge in [0.05, 0.1) is 17.1 Å². The van der Waals surface area contributed by atoms with Crippen LogP contribution >= 0.6 is 11.8 Å². The van der Waals surface area contributed by atoms with Crippen LogP contribution in [-0.4, -0.2) is 29.9 Å². The summed E-state index contributed by atoms with van der Waals surface area (Å²) in [7, 11) is 0. The molecule has 0 bridgehead atoms. The largest absolute Gasteiger partial charge is 0.494 e. The molecule has 0 N–H and O–H groups in total. The highest BCUT2D eigenvalue weighted by atomic mass is 32.2. The van der Waals surface area contributed by atoms with Crippen LogP contribution in [0.5, 0.6) is 5.75 Å². The fraction of sp³-hybridized carbons (Fsp3) is 0.304. The lowest BCUT2D eigenvalue weighted by Gasteiger charge is -2.17. The Morgan fingerprint density at radius 3 is 2.25 bits per heavy atom. The summed E-state index contributed by atoms with van der Waals surface area (Å²) in [5.41, 5.74) is 2.37. The minimum atomic E-state index is -0.210. The van der Waals surface area contributed by atoms with Crippen LogP contribution in [0, 0.1) is 5.92 Å². The van der Waals surface area contributed by atoms with Gasteiger partial charge in [0.1, 0.15) is 5.75 Å². The quantitative estimate of drug-likeness (QED) is 0.605. The first kappa shape index (κ1) is 20.2. The van der Waals surface area contributed by atoms with Crippen molar-refractivity contribution in [2.24, 2.45) is 5.92 Å². The van der Waals surface area contributed by atoms with Crippen LogP contribution in [0.15, 0.2) is 59.5 Å². The van der Waals surface area contributed by atoms with Crippen LogP contribution in [0.25, 0.3) is 5.57 Å². The number of hydrogen-bond acceptors (Lipinski definition) is 4. The van der Waals surface area contributed by atoms with E-state index in [1.165, 1.54) is 16.7 Å². The molecule has 3 rings (SSSR count). The van der Waals surface area contributed by atoms with Crippen molar-refractivity contribution in [3.63, 3.8) is 0 Å². The van der Waals surface area contributed by atoms with Crippen molar-refractivity contribution in [3.05, 3.63) is 70.6 Å². The number of rotatable bonds is 8. The predicted octanol–water partition coefficient (Wildman–Crippen LogP) is 4.75. The number of amides is 2. The Morgan fingerprint density at radius 1 is 0.964 bits per heavy atom. The third-order valence-corrected chi connectivity index (χ3v) is 5.50. The number of carbonyl (C=O) groups excluding carboxylic acids is 2. The summed E-state index contributed by atoms with van der Waals surface area (Å²) in [4.78, 5) is 28.0. The van der Waals surface area contributed by atoms with Crippen molar-refractivity contribution in [1.29, 1.82) is 0 Å². The van der Waals surface area contributed by atoms with Crippen molar-refractivity contribution in [2.75, 3.05) is 13.2 Å². The van der Waals surface area contributed by atoms with Gasteiger partial charge >= 0.3 is 0 Å². The van der Waals surface area contributed by atoms with Gasteiger partial charge in [0, 0.05) is 12.3 Å². The number of thioether (sulfide) groups is 1. The number of hydrogen-bond donors (Lipinski definition) is 0. The summed E-state index contributed by atoms with van der Waals surface area (Å²) in [6.07, 6.45) is 0. The minimum Gasteiger partial charge on any atom is -0.494 e. The first-order valence-electron chi connectivity index (χ1n) is 9.51. The number of benzene rings is 2. The van der Waals surface area contributed by atoms with E-state index in [-0.39, 0.29) is 17.7 Å². The fourth-order valence-electron chi connectivity index (χ4n) is 3.09. The summed E-state index contributed by atoms with van der Waals surface area (Å²) in [5.74, 6) is 1.21. The molecule has 0 spiro atoms. The first-order valence-corrected chi connectivity index (χ1v) is 10.5. The van der Waals surface area contributed by atoms with Crippen LogP contribution in [0.2, 0.25) is 0 Å². The number of imide groups is 1. The van der Waals surface area contributed by atoms with E-state index in [0.29, 0.717) is 29.4 Å². The van der Waals surface area contributed by atoms with Gasteiger partial charge in [-0.1, -0.05) is 56.3 Å². The molecule has 0 unspecified atom stereocenters. The van der Waals surface area contributed by atoms with E-state index in [9.17, 15) is 9.59 Å². The van der Waals surface area contributed by atoms with Crippen LogP contribution in [0.3, 0.4) is 0 Å². The molecular formula is C23H25NO3S. The van der Waals surface area contributed by atoms with E-state index < -0.39 is 0 Å². The monoisotopic (exact) mass is 395 g/mol. The van der Waals surface area contributed by atoms with Crippen LogP contribution < -0.4 is 4.74 Å². The molecule has 0 saturated carbocycles. The molecule has 146 valence electrons. The Bertz CT molecular complexity index is 872. The van der Waals surface area contributed by atoms with Gasteiger partial charge in [-0.05, 0) is 36.1 Å². The molecule has 28 heavy (non-hydrogen) atoms. The smallest absolute Gasteiger partial charge is 0.268 e. The molecule has 1 heterocycles. The summed E-state index contributed by atoms with van der Waals surface area (Å²) < 4.78 is 5.49. The first-order chi connectivity index (χ1) is 13.5. The van der Waals surface area contributed by atoms with Crippen LogP contribution in [0.1, 0.15) is 31.9 Å². The molecule has 0 aromatic heterocycles. The molecule has 0 saturated heterocycles. The van der Waals surface area contributed by atoms with Gasteiger partial charge in [-0.15, -0.1) is 11.8 Å². The molecule has 0 aliphatic carbocycles. The lowest BCUT2D eigenvalue weighted by atomic mass is 10.1. The van der Waals surface area contributed by atoms with Crippen LogP contribution in [-0.2, 0) is 15.3 Å². The van der Waals surface area contributed by atoms with Crippen molar-refractivity contribution < 1.29 is 14.3 Å². The number of ether oxygens (including phenoxy) is 1. The average molecular weight is 396 g/mol. The van der Waals surface area contributed by atoms with E-state index in [4.69, 9.17) is 4.74 Å². The Morgan fingerprint density at radius 2 is 1.64 bits per heavy atom. The number of nitrogens with zero attached hydrogens (tertiary/aromatic N) is 1. The maximum absolute atomic E-state index is 13.1. The summed E-state index contributed by atoms with van der Waals surface area (Å²) >= 11 is 1.43. The highest BCUT2D eigenvalue weighted by Gasteiger charge is 2.39. The fourth-order valence-corrected chi connectivity index (χ4v) is 4.17. The van der Waals surface area contributed by atoms with E-state index in [1.807, 2.05) is 75.4 Å². The average Bonchev–Trinajstić information content (AvgIpc) is 2.92. The molecule has 0 fully saturated rings. The highest BCUT2D eigenvalue weighted by molar-refractivity contribution is 8.03. The maximum atomic E-state index is 13.1. The second-order valence-corrected chi connectivity index (χ2v) is 8.04. The third-order valence-electron chi connectivity index (χ3n) is 4.35. The summed E-state index contributed by atoms with van der Waals surface area (Å²) in [6.45, 7) is 6.95. The molecule has 0 atom stereocenters. The lowest BCUT2D eigenvalue weighted by Crippen LogP contribution is -2.34. The number of carbonyl (C=O) groups is 2. The Balaban J connectivity index is 1.93. The second kappa shape index (κ2) is 9.11. The zero-order valence-corrected chi connectivity index (χ0v) is 17.3. The van der Waals surface area contributed by atoms with Gasteiger partial charge in [-0.2, -0.15) is 0 Å².